The van der Waals surface area contributed by atoms with Crippen molar-refractivity contribution in [2.45, 2.75) is 65.6 Å². The second-order valence-electron chi connectivity index (χ2n) is 6.18. The summed E-state index contributed by atoms with van der Waals surface area (Å²) in [5.74, 6) is 0. The number of hydrogen-bond donors (Lipinski definition) is 2. The van der Waals surface area contributed by atoms with Gasteiger partial charge in [-0.25, -0.2) is 9.78 Å². The molecule has 0 bridgehead atoms. The number of amides is 1. The standard InChI is InChI=1S/C15H27N3O2S/c1-7-12(18-14(19)20-15(4,5)6)8-16-10(2)13-11(3)17-9-21-13/h9-10,12,16H,7-8H2,1-6H3,(H,18,19). The minimum absolute atomic E-state index is 0.0514. The van der Waals surface area contributed by atoms with Crippen LogP contribution in [0.1, 0.15) is 57.7 Å². The van der Waals surface area contributed by atoms with Gasteiger partial charge < -0.3 is 15.4 Å². The zero-order valence-corrected chi connectivity index (χ0v) is 14.6. The van der Waals surface area contributed by atoms with Gasteiger partial charge in [0.25, 0.3) is 0 Å². The number of ether oxygens (including phenoxy) is 1. The van der Waals surface area contributed by atoms with E-state index in [1.165, 1.54) is 4.88 Å². The summed E-state index contributed by atoms with van der Waals surface area (Å²) in [6.07, 6.45) is 0.485. The van der Waals surface area contributed by atoms with Crippen molar-refractivity contribution in [3.8, 4) is 0 Å². The first-order valence-electron chi connectivity index (χ1n) is 7.35. The zero-order valence-electron chi connectivity index (χ0n) is 13.8. The first-order chi connectivity index (χ1) is 9.73. The second-order valence-corrected chi connectivity index (χ2v) is 7.07. The van der Waals surface area contributed by atoms with E-state index >= 15 is 0 Å². The molecule has 0 saturated carbocycles. The van der Waals surface area contributed by atoms with E-state index in [1.54, 1.807) is 11.3 Å². The number of nitrogens with one attached hydrogen (secondary N) is 2. The number of alkyl carbamates (subject to hydrolysis) is 1. The van der Waals surface area contributed by atoms with Gasteiger partial charge in [0, 0.05) is 23.5 Å². The number of aryl methyl sites for hydroxylation is 1. The van der Waals surface area contributed by atoms with Crippen LogP contribution in [-0.4, -0.2) is 29.3 Å². The monoisotopic (exact) mass is 313 g/mol. The van der Waals surface area contributed by atoms with E-state index in [0.717, 1.165) is 12.1 Å². The third-order valence-electron chi connectivity index (χ3n) is 3.06. The molecule has 6 heteroatoms. The van der Waals surface area contributed by atoms with Gasteiger partial charge in [-0.2, -0.15) is 0 Å². The van der Waals surface area contributed by atoms with Gasteiger partial charge in [0.1, 0.15) is 5.60 Å². The van der Waals surface area contributed by atoms with Crippen molar-refractivity contribution in [2.24, 2.45) is 0 Å². The molecule has 1 aromatic rings. The Balaban J connectivity index is 2.44. The molecule has 1 amide bonds. The van der Waals surface area contributed by atoms with Crippen molar-refractivity contribution in [3.63, 3.8) is 0 Å². The van der Waals surface area contributed by atoms with Gasteiger partial charge >= 0.3 is 6.09 Å². The summed E-state index contributed by atoms with van der Waals surface area (Å²) in [5, 5.41) is 6.35. The van der Waals surface area contributed by atoms with E-state index in [9.17, 15) is 4.79 Å². The number of thiazole rings is 1. The van der Waals surface area contributed by atoms with Crippen LogP contribution in [0.2, 0.25) is 0 Å². The van der Waals surface area contributed by atoms with Gasteiger partial charge in [-0.1, -0.05) is 6.92 Å². The highest BCUT2D eigenvalue weighted by Gasteiger charge is 2.19. The van der Waals surface area contributed by atoms with E-state index in [-0.39, 0.29) is 18.2 Å². The van der Waals surface area contributed by atoms with Gasteiger partial charge in [-0.3, -0.25) is 0 Å². The van der Waals surface area contributed by atoms with E-state index in [2.05, 4.69) is 22.5 Å². The van der Waals surface area contributed by atoms with Gasteiger partial charge in [-0.15, -0.1) is 11.3 Å². The summed E-state index contributed by atoms with van der Waals surface area (Å²) >= 11 is 1.65. The Kier molecular flexibility index (Phi) is 6.61. The topological polar surface area (TPSA) is 63.2 Å². The average molecular weight is 313 g/mol. The molecule has 5 nitrogen and oxygen atoms in total. The summed E-state index contributed by atoms with van der Waals surface area (Å²) in [4.78, 5) is 17.3. The molecule has 1 aromatic heterocycles. The van der Waals surface area contributed by atoms with Crippen LogP contribution in [0.25, 0.3) is 0 Å². The quantitative estimate of drug-likeness (QED) is 0.845. The fourth-order valence-electron chi connectivity index (χ4n) is 1.91. The predicted molar refractivity (Wildman–Crippen MR) is 86.7 cm³/mol. The summed E-state index contributed by atoms with van der Waals surface area (Å²) < 4.78 is 5.28. The van der Waals surface area contributed by atoms with E-state index < -0.39 is 5.60 Å². The molecule has 21 heavy (non-hydrogen) atoms. The van der Waals surface area contributed by atoms with Gasteiger partial charge in [0.05, 0.1) is 11.2 Å². The lowest BCUT2D eigenvalue weighted by atomic mass is 10.2. The molecular formula is C15H27N3O2S. The summed E-state index contributed by atoms with van der Waals surface area (Å²) in [5.41, 5.74) is 2.45. The first-order valence-corrected chi connectivity index (χ1v) is 8.23. The molecule has 0 aromatic carbocycles. The largest absolute Gasteiger partial charge is 0.444 e. The molecular weight excluding hydrogens is 286 g/mol. The molecule has 0 saturated heterocycles. The minimum Gasteiger partial charge on any atom is -0.444 e. The Morgan fingerprint density at radius 2 is 2.14 bits per heavy atom. The molecule has 2 unspecified atom stereocenters. The number of carbonyl (C=O) groups excluding carboxylic acids is 1. The fourth-order valence-corrected chi connectivity index (χ4v) is 2.74. The summed E-state index contributed by atoms with van der Waals surface area (Å²) in [6, 6.07) is 0.280. The second kappa shape index (κ2) is 7.75. The maximum Gasteiger partial charge on any atom is 0.407 e. The van der Waals surface area contributed by atoms with Crippen LogP contribution < -0.4 is 10.6 Å². The zero-order chi connectivity index (χ0) is 16.0. The molecule has 0 aliphatic rings. The van der Waals surface area contributed by atoms with Crippen LogP contribution in [0.4, 0.5) is 4.79 Å². The lowest BCUT2D eigenvalue weighted by Gasteiger charge is -2.24. The summed E-state index contributed by atoms with van der Waals surface area (Å²) in [6.45, 7) is 12.5. The number of hydrogen-bond acceptors (Lipinski definition) is 5. The van der Waals surface area contributed by atoms with Crippen molar-refractivity contribution in [3.05, 3.63) is 16.1 Å². The molecule has 0 radical (unpaired) electrons. The SMILES string of the molecule is CCC(CNC(C)c1scnc1C)NC(=O)OC(C)(C)C. The van der Waals surface area contributed by atoms with Crippen molar-refractivity contribution in [2.75, 3.05) is 6.54 Å². The van der Waals surface area contributed by atoms with Crippen molar-refractivity contribution in [1.29, 1.82) is 0 Å². The molecule has 120 valence electrons. The Morgan fingerprint density at radius 1 is 1.48 bits per heavy atom. The van der Waals surface area contributed by atoms with Crippen LogP contribution in [-0.2, 0) is 4.74 Å². The Hall–Kier alpha value is -1.14. The Morgan fingerprint density at radius 3 is 2.62 bits per heavy atom. The number of carbonyl (C=O) groups is 1. The third kappa shape index (κ3) is 6.44. The van der Waals surface area contributed by atoms with Crippen molar-refractivity contribution >= 4 is 17.4 Å². The first kappa shape index (κ1) is 17.9. The smallest absolute Gasteiger partial charge is 0.407 e. The van der Waals surface area contributed by atoms with Crippen molar-refractivity contribution in [1.82, 2.24) is 15.6 Å². The maximum absolute atomic E-state index is 11.8. The highest BCUT2D eigenvalue weighted by molar-refractivity contribution is 7.09. The Bertz CT molecular complexity index is 454. The third-order valence-corrected chi connectivity index (χ3v) is 4.17. The van der Waals surface area contributed by atoms with Gasteiger partial charge in [0.15, 0.2) is 0 Å². The van der Waals surface area contributed by atoms with Crippen LogP contribution in [0.15, 0.2) is 5.51 Å². The molecule has 0 spiro atoms. The molecule has 1 heterocycles. The highest BCUT2D eigenvalue weighted by Crippen LogP contribution is 2.20. The number of nitrogens with zero attached hydrogens (tertiary/aromatic N) is 1. The van der Waals surface area contributed by atoms with E-state index in [4.69, 9.17) is 4.74 Å². The normalized spacial score (nSPS) is 14.6. The van der Waals surface area contributed by atoms with Crippen LogP contribution in [0.5, 0.6) is 0 Å². The predicted octanol–water partition coefficient (Wildman–Crippen LogP) is 3.41. The van der Waals surface area contributed by atoms with E-state index in [1.807, 2.05) is 40.1 Å². The molecule has 2 N–H and O–H groups in total. The summed E-state index contributed by atoms with van der Waals surface area (Å²) in [7, 11) is 0. The molecule has 2 atom stereocenters. The lowest BCUT2D eigenvalue weighted by molar-refractivity contribution is 0.0502. The lowest BCUT2D eigenvalue weighted by Crippen LogP contribution is -2.44. The fraction of sp³-hybridized carbons (Fsp3) is 0.733. The highest BCUT2D eigenvalue weighted by atomic mass is 32.1. The minimum atomic E-state index is -0.469. The maximum atomic E-state index is 11.8. The van der Waals surface area contributed by atoms with E-state index in [0.29, 0.717) is 6.54 Å². The number of aromatic nitrogens is 1. The number of rotatable bonds is 6. The van der Waals surface area contributed by atoms with Crippen LogP contribution in [0.3, 0.4) is 0 Å². The Labute approximate surface area is 131 Å². The van der Waals surface area contributed by atoms with Crippen LogP contribution in [0, 0.1) is 6.92 Å². The van der Waals surface area contributed by atoms with Crippen LogP contribution >= 0.6 is 11.3 Å². The van der Waals surface area contributed by atoms with Gasteiger partial charge in [0.2, 0.25) is 0 Å². The molecule has 0 aliphatic carbocycles. The average Bonchev–Trinajstić information content (AvgIpc) is 2.78. The van der Waals surface area contributed by atoms with Gasteiger partial charge in [-0.05, 0) is 41.0 Å². The molecule has 1 rings (SSSR count). The molecule has 0 aliphatic heterocycles. The van der Waals surface area contributed by atoms with Crippen molar-refractivity contribution < 1.29 is 9.53 Å². The molecule has 0 fully saturated rings.